The molecule has 1 aromatic carbocycles. The van der Waals surface area contributed by atoms with E-state index in [1.165, 1.54) is 12.1 Å². The Hall–Kier alpha value is -1.47. The highest BCUT2D eigenvalue weighted by Gasteiger charge is 2.29. The number of nitrogens with zero attached hydrogens (tertiary/aromatic N) is 1. The normalized spacial score (nSPS) is 25.1. The molecule has 2 nitrogen and oxygen atoms in total. The molecule has 2 unspecified atom stereocenters. The molecule has 0 spiro atoms. The molecule has 4 heteroatoms. The fourth-order valence-corrected chi connectivity index (χ4v) is 1.95. The Morgan fingerprint density at radius 2 is 2.19 bits per heavy atom. The third kappa shape index (κ3) is 2.05. The fourth-order valence-electron chi connectivity index (χ4n) is 1.95. The summed E-state index contributed by atoms with van der Waals surface area (Å²) in [5.41, 5.74) is 0.271. The minimum Gasteiger partial charge on any atom is -0.372 e. The van der Waals surface area contributed by atoms with Crippen molar-refractivity contribution < 1.29 is 13.5 Å². The SMILES string of the molecule is N#CC1CCCOC1c1ccc(F)cc1F. The monoisotopic (exact) mass is 223 g/mol. The van der Waals surface area contributed by atoms with Gasteiger partial charge in [0.1, 0.15) is 17.7 Å². The van der Waals surface area contributed by atoms with Crippen LogP contribution in [0.2, 0.25) is 0 Å². The summed E-state index contributed by atoms with van der Waals surface area (Å²) in [5, 5.41) is 8.94. The second-order valence-corrected chi connectivity index (χ2v) is 3.84. The predicted molar refractivity (Wildman–Crippen MR) is 53.4 cm³/mol. The van der Waals surface area contributed by atoms with Gasteiger partial charge in [-0.2, -0.15) is 5.26 Å². The minimum absolute atomic E-state index is 0.271. The van der Waals surface area contributed by atoms with Gasteiger partial charge in [0.2, 0.25) is 0 Å². The van der Waals surface area contributed by atoms with Crippen LogP contribution in [0.3, 0.4) is 0 Å². The van der Waals surface area contributed by atoms with Crippen LogP contribution < -0.4 is 0 Å². The van der Waals surface area contributed by atoms with Crippen molar-refractivity contribution >= 4 is 0 Å². The zero-order valence-corrected chi connectivity index (χ0v) is 8.62. The van der Waals surface area contributed by atoms with E-state index in [0.29, 0.717) is 13.0 Å². The first-order valence-electron chi connectivity index (χ1n) is 5.18. The van der Waals surface area contributed by atoms with Gasteiger partial charge in [0, 0.05) is 18.2 Å². The largest absolute Gasteiger partial charge is 0.372 e. The highest BCUT2D eigenvalue weighted by Crippen LogP contribution is 2.34. The summed E-state index contributed by atoms with van der Waals surface area (Å²) in [7, 11) is 0. The Kier molecular flexibility index (Phi) is 3.16. The number of nitriles is 1. The van der Waals surface area contributed by atoms with E-state index >= 15 is 0 Å². The maximum absolute atomic E-state index is 13.5. The molecule has 16 heavy (non-hydrogen) atoms. The van der Waals surface area contributed by atoms with Gasteiger partial charge in [-0.3, -0.25) is 0 Å². The lowest BCUT2D eigenvalue weighted by Gasteiger charge is -2.27. The smallest absolute Gasteiger partial charge is 0.131 e. The minimum atomic E-state index is -0.646. The number of hydrogen-bond donors (Lipinski definition) is 0. The highest BCUT2D eigenvalue weighted by atomic mass is 19.1. The maximum Gasteiger partial charge on any atom is 0.131 e. The second-order valence-electron chi connectivity index (χ2n) is 3.84. The Labute approximate surface area is 92.5 Å². The van der Waals surface area contributed by atoms with Crippen LogP contribution >= 0.6 is 0 Å². The summed E-state index contributed by atoms with van der Waals surface area (Å²) in [6.45, 7) is 0.514. The van der Waals surface area contributed by atoms with Gasteiger partial charge in [-0.15, -0.1) is 0 Å². The summed E-state index contributed by atoms with van der Waals surface area (Å²) >= 11 is 0. The molecule has 0 amide bonds. The Morgan fingerprint density at radius 1 is 1.38 bits per heavy atom. The summed E-state index contributed by atoms with van der Waals surface area (Å²) in [4.78, 5) is 0. The lowest BCUT2D eigenvalue weighted by molar-refractivity contribution is -0.0122. The topological polar surface area (TPSA) is 33.0 Å². The molecule has 84 valence electrons. The number of ether oxygens (including phenoxy) is 1. The highest BCUT2D eigenvalue weighted by molar-refractivity contribution is 5.23. The zero-order chi connectivity index (χ0) is 11.5. The van der Waals surface area contributed by atoms with Crippen molar-refractivity contribution in [1.29, 1.82) is 5.26 Å². The van der Waals surface area contributed by atoms with E-state index in [-0.39, 0.29) is 11.5 Å². The van der Waals surface area contributed by atoms with Gasteiger partial charge in [-0.05, 0) is 18.9 Å². The molecule has 0 N–H and O–H groups in total. The average Bonchev–Trinajstić information content (AvgIpc) is 2.29. The molecule has 1 aromatic rings. The zero-order valence-electron chi connectivity index (χ0n) is 8.62. The van der Waals surface area contributed by atoms with Crippen molar-refractivity contribution in [2.24, 2.45) is 5.92 Å². The Morgan fingerprint density at radius 3 is 2.88 bits per heavy atom. The van der Waals surface area contributed by atoms with Crippen molar-refractivity contribution in [2.75, 3.05) is 6.61 Å². The summed E-state index contributed by atoms with van der Waals surface area (Å²) in [6, 6.07) is 5.47. The lowest BCUT2D eigenvalue weighted by Crippen LogP contribution is -2.22. The van der Waals surface area contributed by atoms with Crippen LogP contribution in [0.1, 0.15) is 24.5 Å². The van der Waals surface area contributed by atoms with E-state index in [9.17, 15) is 8.78 Å². The van der Waals surface area contributed by atoms with Gasteiger partial charge in [-0.1, -0.05) is 6.07 Å². The molecule has 1 fully saturated rings. The number of hydrogen-bond acceptors (Lipinski definition) is 2. The first-order valence-corrected chi connectivity index (χ1v) is 5.18. The average molecular weight is 223 g/mol. The molecule has 0 aliphatic carbocycles. The van der Waals surface area contributed by atoms with Crippen LogP contribution in [-0.4, -0.2) is 6.61 Å². The van der Waals surface area contributed by atoms with Crippen LogP contribution in [0.15, 0.2) is 18.2 Å². The number of benzene rings is 1. The summed E-state index contributed by atoms with van der Waals surface area (Å²) in [6.07, 6.45) is 0.926. The first kappa shape index (κ1) is 11.0. The van der Waals surface area contributed by atoms with Crippen molar-refractivity contribution in [1.82, 2.24) is 0 Å². The standard InChI is InChI=1S/C12H11F2NO/c13-9-3-4-10(11(14)6-9)12-8(7-15)2-1-5-16-12/h3-4,6,8,12H,1-2,5H2. The van der Waals surface area contributed by atoms with E-state index in [1.807, 2.05) is 0 Å². The van der Waals surface area contributed by atoms with Crippen LogP contribution in [-0.2, 0) is 4.74 Å². The molecule has 0 aromatic heterocycles. The van der Waals surface area contributed by atoms with Gasteiger partial charge in [0.05, 0.1) is 12.0 Å². The van der Waals surface area contributed by atoms with Gasteiger partial charge in [0.15, 0.2) is 0 Å². The summed E-state index contributed by atoms with van der Waals surface area (Å²) < 4.78 is 31.7. The van der Waals surface area contributed by atoms with E-state index < -0.39 is 17.7 Å². The molecule has 1 aliphatic rings. The predicted octanol–water partition coefficient (Wildman–Crippen LogP) is 2.96. The van der Waals surface area contributed by atoms with Crippen molar-refractivity contribution in [3.8, 4) is 6.07 Å². The Balaban J connectivity index is 2.31. The van der Waals surface area contributed by atoms with E-state index in [1.54, 1.807) is 0 Å². The van der Waals surface area contributed by atoms with Gasteiger partial charge < -0.3 is 4.74 Å². The maximum atomic E-state index is 13.5. The van der Waals surface area contributed by atoms with Crippen LogP contribution in [0, 0.1) is 28.9 Å². The van der Waals surface area contributed by atoms with Gasteiger partial charge >= 0.3 is 0 Å². The summed E-state index contributed by atoms with van der Waals surface area (Å²) in [5.74, 6) is -1.62. The molecule has 0 saturated carbocycles. The van der Waals surface area contributed by atoms with Crippen LogP contribution in [0.5, 0.6) is 0 Å². The fraction of sp³-hybridized carbons (Fsp3) is 0.417. The third-order valence-electron chi connectivity index (χ3n) is 2.76. The lowest BCUT2D eigenvalue weighted by atomic mass is 9.90. The van der Waals surface area contributed by atoms with Gasteiger partial charge in [-0.25, -0.2) is 8.78 Å². The molecular formula is C12H11F2NO. The molecule has 1 aliphatic heterocycles. The van der Waals surface area contributed by atoms with E-state index in [2.05, 4.69) is 6.07 Å². The Bertz CT molecular complexity index is 428. The molecule has 2 atom stereocenters. The number of halogens is 2. The molecule has 0 bridgehead atoms. The quantitative estimate of drug-likeness (QED) is 0.733. The van der Waals surface area contributed by atoms with Crippen LogP contribution in [0.4, 0.5) is 8.78 Å². The van der Waals surface area contributed by atoms with Crippen molar-refractivity contribution in [3.63, 3.8) is 0 Å². The number of rotatable bonds is 1. The molecule has 0 radical (unpaired) electrons. The van der Waals surface area contributed by atoms with Crippen molar-refractivity contribution in [2.45, 2.75) is 18.9 Å². The molecule has 2 rings (SSSR count). The van der Waals surface area contributed by atoms with E-state index in [4.69, 9.17) is 10.00 Å². The third-order valence-corrected chi connectivity index (χ3v) is 2.76. The first-order chi connectivity index (χ1) is 7.72. The van der Waals surface area contributed by atoms with Gasteiger partial charge in [0.25, 0.3) is 0 Å². The second kappa shape index (κ2) is 4.58. The van der Waals surface area contributed by atoms with Crippen molar-refractivity contribution in [3.05, 3.63) is 35.4 Å². The molecular weight excluding hydrogens is 212 g/mol. The molecule has 1 heterocycles. The van der Waals surface area contributed by atoms with Crippen LogP contribution in [0.25, 0.3) is 0 Å². The van der Waals surface area contributed by atoms with E-state index in [0.717, 1.165) is 12.5 Å². The molecule has 1 saturated heterocycles.